The number of para-hydroxylation sites is 1. The van der Waals surface area contributed by atoms with Gasteiger partial charge in [0.25, 0.3) is 0 Å². The zero-order valence-corrected chi connectivity index (χ0v) is 31.6. The van der Waals surface area contributed by atoms with Crippen molar-refractivity contribution < 1.29 is 4.42 Å². The van der Waals surface area contributed by atoms with Gasteiger partial charge in [0.2, 0.25) is 0 Å². The van der Waals surface area contributed by atoms with Gasteiger partial charge in [0, 0.05) is 33.6 Å². The fourth-order valence-corrected chi connectivity index (χ4v) is 8.02. The van der Waals surface area contributed by atoms with Crippen LogP contribution in [0.15, 0.2) is 223 Å². The second kappa shape index (κ2) is 14.7. The first kappa shape index (κ1) is 34.1. The van der Waals surface area contributed by atoms with Crippen molar-refractivity contribution >= 4 is 38.8 Å². The standard InChI is InChI=1S/C55H39NO/c1-38-53-19-7-8-20-54(53)57-55(38)49-17-9-15-46(36-49)43-23-21-41(22-24-43)42-27-31-50(32-28-42)56(52-18-10-16-47(37-52)39-11-3-2-4-12-39)51-33-29-44(30-34-51)48-26-25-40-13-5-6-14-45(40)35-48/h2-37H,1H3. The second-order valence-electron chi connectivity index (χ2n) is 14.6. The van der Waals surface area contributed by atoms with Crippen molar-refractivity contribution in [1.29, 1.82) is 0 Å². The van der Waals surface area contributed by atoms with Crippen LogP contribution < -0.4 is 4.90 Å². The van der Waals surface area contributed by atoms with E-state index in [1.807, 2.05) is 12.1 Å². The smallest absolute Gasteiger partial charge is 0.138 e. The molecule has 0 saturated heterocycles. The highest BCUT2D eigenvalue weighted by Gasteiger charge is 2.16. The number of fused-ring (bicyclic) bond motifs is 2. The van der Waals surface area contributed by atoms with Gasteiger partial charge in [-0.1, -0.05) is 164 Å². The van der Waals surface area contributed by atoms with Crippen LogP contribution in [-0.2, 0) is 0 Å². The number of aryl methyl sites for hydroxylation is 1. The van der Waals surface area contributed by atoms with E-state index in [0.717, 1.165) is 44.9 Å². The van der Waals surface area contributed by atoms with Crippen LogP contribution in [0.1, 0.15) is 5.56 Å². The zero-order valence-electron chi connectivity index (χ0n) is 31.6. The lowest BCUT2D eigenvalue weighted by molar-refractivity contribution is 0.629. The van der Waals surface area contributed by atoms with E-state index in [1.165, 1.54) is 55.3 Å². The summed E-state index contributed by atoms with van der Waals surface area (Å²) in [6.07, 6.45) is 0. The number of hydrogen-bond donors (Lipinski definition) is 0. The van der Waals surface area contributed by atoms with Crippen molar-refractivity contribution in [2.24, 2.45) is 0 Å². The van der Waals surface area contributed by atoms with Gasteiger partial charge in [0.05, 0.1) is 0 Å². The summed E-state index contributed by atoms with van der Waals surface area (Å²) in [7, 11) is 0. The minimum absolute atomic E-state index is 0.921. The molecule has 1 aromatic heterocycles. The van der Waals surface area contributed by atoms with Crippen LogP contribution in [0.4, 0.5) is 17.1 Å². The monoisotopic (exact) mass is 729 g/mol. The fraction of sp³-hybridized carbons (Fsp3) is 0.0182. The summed E-state index contributed by atoms with van der Waals surface area (Å²) in [6.45, 7) is 2.14. The second-order valence-corrected chi connectivity index (χ2v) is 14.6. The molecule has 0 bridgehead atoms. The molecule has 10 aromatic rings. The first-order chi connectivity index (χ1) is 28.1. The molecule has 270 valence electrons. The molecule has 1 heterocycles. The van der Waals surface area contributed by atoms with E-state index in [2.05, 4.69) is 218 Å². The first-order valence-corrected chi connectivity index (χ1v) is 19.5. The average Bonchev–Trinajstić information content (AvgIpc) is 3.63. The van der Waals surface area contributed by atoms with Crippen LogP contribution in [0, 0.1) is 6.92 Å². The van der Waals surface area contributed by atoms with Gasteiger partial charge >= 0.3 is 0 Å². The van der Waals surface area contributed by atoms with Crippen LogP contribution in [-0.4, -0.2) is 0 Å². The molecule has 0 atom stereocenters. The lowest BCUT2D eigenvalue weighted by Gasteiger charge is -2.26. The van der Waals surface area contributed by atoms with Crippen molar-refractivity contribution in [3.63, 3.8) is 0 Å². The summed E-state index contributed by atoms with van der Waals surface area (Å²) in [6, 6.07) is 78.2. The molecule has 0 aliphatic rings. The Bertz CT molecular complexity index is 2990. The number of benzene rings is 9. The molecule has 0 spiro atoms. The summed E-state index contributed by atoms with van der Waals surface area (Å²) in [5, 5.41) is 3.66. The number of furan rings is 1. The van der Waals surface area contributed by atoms with Gasteiger partial charge in [0.1, 0.15) is 11.3 Å². The molecule has 0 fully saturated rings. The van der Waals surface area contributed by atoms with E-state index < -0.39 is 0 Å². The average molecular weight is 730 g/mol. The van der Waals surface area contributed by atoms with E-state index >= 15 is 0 Å². The number of nitrogens with zero attached hydrogens (tertiary/aromatic N) is 1. The molecule has 0 N–H and O–H groups in total. The lowest BCUT2D eigenvalue weighted by Crippen LogP contribution is -2.10. The van der Waals surface area contributed by atoms with Crippen LogP contribution in [0.3, 0.4) is 0 Å². The van der Waals surface area contributed by atoms with Crippen LogP contribution in [0.25, 0.3) is 77.6 Å². The molecule has 9 aromatic carbocycles. The molecule has 0 amide bonds. The molecule has 2 heteroatoms. The summed E-state index contributed by atoms with van der Waals surface area (Å²) >= 11 is 0. The predicted octanol–water partition coefficient (Wildman–Crippen LogP) is 15.7. The third-order valence-electron chi connectivity index (χ3n) is 11.1. The summed E-state index contributed by atoms with van der Waals surface area (Å²) in [4.78, 5) is 2.35. The third-order valence-corrected chi connectivity index (χ3v) is 11.1. The van der Waals surface area contributed by atoms with Crippen molar-refractivity contribution in [1.82, 2.24) is 0 Å². The van der Waals surface area contributed by atoms with E-state index in [9.17, 15) is 0 Å². The molecule has 57 heavy (non-hydrogen) atoms. The number of rotatable bonds is 8. The highest BCUT2D eigenvalue weighted by molar-refractivity contribution is 5.90. The Balaban J connectivity index is 0.958. The molecule has 0 saturated carbocycles. The summed E-state index contributed by atoms with van der Waals surface area (Å²) in [5.41, 5.74) is 15.9. The van der Waals surface area contributed by atoms with Crippen molar-refractivity contribution in [2.45, 2.75) is 6.92 Å². The molecular weight excluding hydrogens is 691 g/mol. The zero-order chi connectivity index (χ0) is 38.1. The quantitative estimate of drug-likeness (QED) is 0.155. The van der Waals surface area contributed by atoms with Gasteiger partial charge in [-0.25, -0.2) is 0 Å². The molecular formula is C55H39NO. The van der Waals surface area contributed by atoms with Gasteiger partial charge in [0.15, 0.2) is 0 Å². The van der Waals surface area contributed by atoms with E-state index in [-0.39, 0.29) is 0 Å². The molecule has 0 radical (unpaired) electrons. The number of anilines is 3. The van der Waals surface area contributed by atoms with E-state index in [1.54, 1.807) is 0 Å². The summed E-state index contributed by atoms with van der Waals surface area (Å²) < 4.78 is 6.29. The Kier molecular flexibility index (Phi) is 8.78. The molecule has 0 aliphatic carbocycles. The Morgan fingerprint density at radius 2 is 0.789 bits per heavy atom. The number of hydrogen-bond acceptors (Lipinski definition) is 2. The minimum Gasteiger partial charge on any atom is -0.456 e. The highest BCUT2D eigenvalue weighted by atomic mass is 16.3. The van der Waals surface area contributed by atoms with Gasteiger partial charge in [-0.2, -0.15) is 0 Å². The van der Waals surface area contributed by atoms with Gasteiger partial charge in [-0.3, -0.25) is 0 Å². The largest absolute Gasteiger partial charge is 0.456 e. The Morgan fingerprint density at radius 1 is 0.316 bits per heavy atom. The van der Waals surface area contributed by atoms with Gasteiger partial charge in [-0.15, -0.1) is 0 Å². The fourth-order valence-electron chi connectivity index (χ4n) is 8.02. The van der Waals surface area contributed by atoms with Crippen LogP contribution in [0.2, 0.25) is 0 Å². The topological polar surface area (TPSA) is 16.4 Å². The molecule has 0 unspecified atom stereocenters. The van der Waals surface area contributed by atoms with Gasteiger partial charge in [-0.05, 0) is 117 Å². The maximum atomic E-state index is 6.29. The maximum Gasteiger partial charge on any atom is 0.138 e. The summed E-state index contributed by atoms with van der Waals surface area (Å²) in [5.74, 6) is 0.927. The van der Waals surface area contributed by atoms with Gasteiger partial charge < -0.3 is 9.32 Å². The van der Waals surface area contributed by atoms with Crippen molar-refractivity contribution in [3.05, 3.63) is 224 Å². The maximum absolute atomic E-state index is 6.29. The molecule has 10 rings (SSSR count). The minimum atomic E-state index is 0.921. The van der Waals surface area contributed by atoms with E-state index in [0.29, 0.717) is 0 Å². The Hall–Kier alpha value is -7.42. The molecule has 0 aliphatic heterocycles. The lowest BCUT2D eigenvalue weighted by atomic mass is 9.97. The normalized spacial score (nSPS) is 11.2. The SMILES string of the molecule is Cc1c(-c2cccc(-c3ccc(-c4ccc(N(c5ccc(-c6ccc7ccccc7c6)cc5)c5cccc(-c6ccccc6)c5)cc4)cc3)c2)oc2ccccc12. The Labute approximate surface area is 333 Å². The van der Waals surface area contributed by atoms with E-state index in [4.69, 9.17) is 4.42 Å². The third kappa shape index (κ3) is 6.68. The van der Waals surface area contributed by atoms with Crippen LogP contribution in [0.5, 0.6) is 0 Å². The van der Waals surface area contributed by atoms with Crippen LogP contribution >= 0.6 is 0 Å². The highest BCUT2D eigenvalue weighted by Crippen LogP contribution is 2.39. The van der Waals surface area contributed by atoms with Crippen molar-refractivity contribution in [2.75, 3.05) is 4.90 Å². The van der Waals surface area contributed by atoms with Crippen molar-refractivity contribution in [3.8, 4) is 55.8 Å². The molecule has 2 nitrogen and oxygen atoms in total. The predicted molar refractivity (Wildman–Crippen MR) is 240 cm³/mol. The Morgan fingerprint density at radius 3 is 1.47 bits per heavy atom. The first-order valence-electron chi connectivity index (χ1n) is 19.5.